The van der Waals surface area contributed by atoms with Gasteiger partial charge in [0.05, 0.1) is 19.0 Å². The third-order valence-electron chi connectivity index (χ3n) is 8.89. The zero-order chi connectivity index (χ0) is 31.4. The fraction of sp³-hybridized carbons (Fsp3) is 0.444. The van der Waals surface area contributed by atoms with Gasteiger partial charge in [-0.2, -0.15) is 0 Å². The Morgan fingerprint density at radius 3 is 1.98 bits per heavy atom. The van der Waals surface area contributed by atoms with Crippen LogP contribution in [0.2, 0.25) is 0 Å². The lowest BCUT2D eigenvalue weighted by molar-refractivity contribution is -0.540. The fourth-order valence-corrected chi connectivity index (χ4v) is 6.18. The summed E-state index contributed by atoms with van der Waals surface area (Å²) in [5, 5.41) is 24.5. The predicted molar refractivity (Wildman–Crippen MR) is 177 cm³/mol. The van der Waals surface area contributed by atoms with Crippen LogP contribution in [0.25, 0.3) is 0 Å². The van der Waals surface area contributed by atoms with E-state index in [9.17, 15) is 10.2 Å². The second-order valence-corrected chi connectivity index (χ2v) is 12.9. The van der Waals surface area contributed by atoms with Crippen molar-refractivity contribution in [3.8, 4) is 11.5 Å². The van der Waals surface area contributed by atoms with Gasteiger partial charge in [-0.25, -0.2) is 10.3 Å². The number of hydrogen-bond acceptors (Lipinski definition) is 5. The second kappa shape index (κ2) is 13.7. The normalized spacial score (nSPS) is 19.1. The van der Waals surface area contributed by atoms with Crippen molar-refractivity contribution in [3.05, 3.63) is 88.3 Å². The summed E-state index contributed by atoms with van der Waals surface area (Å²) in [6.45, 7) is 14.0. The van der Waals surface area contributed by atoms with Gasteiger partial charge in [-0.1, -0.05) is 46.6 Å². The van der Waals surface area contributed by atoms with Crippen molar-refractivity contribution in [2.24, 2.45) is 9.98 Å². The lowest BCUT2D eigenvalue weighted by Gasteiger charge is -2.25. The Labute approximate surface area is 261 Å². The first-order chi connectivity index (χ1) is 21.1. The largest absolute Gasteiger partial charge is 0.507 e. The van der Waals surface area contributed by atoms with E-state index in [2.05, 4.69) is 84.7 Å². The maximum Gasteiger partial charge on any atom is 0.342 e. The summed E-state index contributed by atoms with van der Waals surface area (Å²) in [5.74, 6) is 3.14. The van der Waals surface area contributed by atoms with E-state index in [4.69, 9.17) is 9.98 Å². The highest BCUT2D eigenvalue weighted by Gasteiger charge is 2.25. The lowest BCUT2D eigenvalue weighted by Crippen LogP contribution is -2.80. The number of nitrogens with two attached hydrogens (primary N) is 1. The molecule has 2 atom stereocenters. The molecule has 0 radical (unpaired) electrons. The Bertz CT molecular complexity index is 1610. The van der Waals surface area contributed by atoms with Crippen LogP contribution in [-0.4, -0.2) is 54.7 Å². The van der Waals surface area contributed by atoms with E-state index < -0.39 is 0 Å². The Morgan fingerprint density at radius 1 is 0.909 bits per heavy atom. The number of hydrogen-bond donors (Lipinski definition) is 3. The number of aryl methyl sites for hydroxylation is 1. The Balaban J connectivity index is 1.41. The number of nitrogens with zero attached hydrogens (tertiary/aromatic N) is 5. The molecule has 8 heteroatoms. The van der Waals surface area contributed by atoms with Gasteiger partial charge in [0, 0.05) is 48.1 Å². The number of benzene rings is 2. The number of aliphatic imine (C=N–C) groups is 2. The molecule has 2 aliphatic rings. The maximum atomic E-state index is 11.2. The van der Waals surface area contributed by atoms with Crippen LogP contribution in [0, 0.1) is 6.92 Å². The summed E-state index contributed by atoms with van der Waals surface area (Å²) >= 11 is 0. The lowest BCUT2D eigenvalue weighted by atomic mass is 9.90. The van der Waals surface area contributed by atoms with Crippen molar-refractivity contribution < 1.29 is 20.1 Å². The molecule has 1 aliphatic heterocycles. The molecular formula is C36H48N6O2+2. The first-order valence-corrected chi connectivity index (χ1v) is 16.0. The van der Waals surface area contributed by atoms with Crippen molar-refractivity contribution in [2.75, 3.05) is 0 Å². The first kappa shape index (κ1) is 31.4. The van der Waals surface area contributed by atoms with Gasteiger partial charge in [0.2, 0.25) is 6.20 Å². The number of amidine groups is 1. The SMILES string of the molecule is CC1=[N+](Cc2cc(C=N[C@@H]3CCCC[C@H]3N=Cc3cc(Cn4ccnc4C)cc(C(C)C)c3O)c(O)c(C(C)C)c2)C=C[NH2+]1. The van der Waals surface area contributed by atoms with E-state index in [0.29, 0.717) is 18.0 Å². The number of imidazole rings is 1. The van der Waals surface area contributed by atoms with Crippen molar-refractivity contribution >= 4 is 18.3 Å². The molecule has 44 heavy (non-hydrogen) atoms. The highest BCUT2D eigenvalue weighted by molar-refractivity contribution is 5.86. The van der Waals surface area contributed by atoms with E-state index in [1.54, 1.807) is 0 Å². The highest BCUT2D eigenvalue weighted by Crippen LogP contribution is 2.33. The molecule has 4 N–H and O–H groups in total. The van der Waals surface area contributed by atoms with Crippen LogP contribution in [0.5, 0.6) is 11.5 Å². The molecule has 3 aromatic rings. The molecule has 1 aliphatic carbocycles. The van der Waals surface area contributed by atoms with E-state index in [1.807, 2.05) is 37.8 Å². The van der Waals surface area contributed by atoms with Crippen molar-refractivity contribution in [1.29, 1.82) is 0 Å². The van der Waals surface area contributed by atoms with E-state index in [-0.39, 0.29) is 23.9 Å². The third-order valence-corrected chi connectivity index (χ3v) is 8.89. The smallest absolute Gasteiger partial charge is 0.342 e. The topological polar surface area (TPSA) is 103 Å². The van der Waals surface area contributed by atoms with Crippen LogP contribution in [0.4, 0.5) is 0 Å². The monoisotopic (exact) mass is 596 g/mol. The Hall–Kier alpha value is -4.04. The number of rotatable bonds is 10. The van der Waals surface area contributed by atoms with Gasteiger partial charge in [-0.05, 0) is 66.5 Å². The maximum absolute atomic E-state index is 11.2. The number of quaternary nitrogens is 1. The minimum Gasteiger partial charge on any atom is -0.507 e. The number of phenolic OH excluding ortho intramolecular Hbond substituents is 2. The molecule has 1 aromatic heterocycles. The molecular weight excluding hydrogens is 548 g/mol. The molecule has 232 valence electrons. The number of phenols is 2. The van der Waals surface area contributed by atoms with Crippen LogP contribution < -0.4 is 5.32 Å². The van der Waals surface area contributed by atoms with Crippen molar-refractivity contribution in [2.45, 2.75) is 104 Å². The van der Waals surface area contributed by atoms with E-state index in [1.165, 1.54) is 5.84 Å². The minimum atomic E-state index is 0.0128. The summed E-state index contributed by atoms with van der Waals surface area (Å²) in [4.78, 5) is 14.4. The van der Waals surface area contributed by atoms with Gasteiger partial charge in [-0.15, -0.1) is 4.58 Å². The Morgan fingerprint density at radius 2 is 1.48 bits per heavy atom. The summed E-state index contributed by atoms with van der Waals surface area (Å²) in [7, 11) is 0. The van der Waals surface area contributed by atoms with E-state index >= 15 is 0 Å². The molecule has 2 heterocycles. The average molecular weight is 597 g/mol. The predicted octanol–water partition coefficient (Wildman–Crippen LogP) is 5.73. The van der Waals surface area contributed by atoms with Crippen LogP contribution in [0.15, 0.2) is 59.0 Å². The van der Waals surface area contributed by atoms with Crippen molar-refractivity contribution in [3.63, 3.8) is 0 Å². The average Bonchev–Trinajstić information content (AvgIpc) is 3.59. The molecule has 0 bridgehead atoms. The molecule has 8 nitrogen and oxygen atoms in total. The first-order valence-electron chi connectivity index (χ1n) is 16.0. The number of aromatic nitrogens is 2. The molecule has 1 fully saturated rings. The molecule has 1 saturated carbocycles. The van der Waals surface area contributed by atoms with Gasteiger partial charge in [-0.3, -0.25) is 9.98 Å². The summed E-state index contributed by atoms with van der Waals surface area (Å²) in [5.41, 5.74) is 5.61. The Kier molecular flexibility index (Phi) is 9.79. The quantitative estimate of drug-likeness (QED) is 0.206. The standard InChI is InChI=1S/C36H46N6O2/c1-23(2)31-17-27(21-41-13-11-37-25(41)5)15-29(35(31)43)19-39-33-9-7-8-10-34(33)40-20-30-16-28(18-32(24(3)4)36(30)44)22-42-14-12-38-26(42)6/h11-20,23-24,33-34H,7-10,21-22H2,1-6H3,(H2,39,40,43,44)/p+2/t33-,34-/m1/s1. The molecule has 0 saturated heterocycles. The summed E-state index contributed by atoms with van der Waals surface area (Å²) in [6.07, 6.45) is 15.7. The second-order valence-electron chi connectivity index (χ2n) is 12.9. The van der Waals surface area contributed by atoms with Gasteiger partial charge in [0.15, 0.2) is 12.7 Å². The third kappa shape index (κ3) is 7.18. The number of aromatic hydroxyl groups is 2. The van der Waals surface area contributed by atoms with Crippen molar-refractivity contribution in [1.82, 2.24) is 9.55 Å². The van der Waals surface area contributed by atoms with Crippen LogP contribution in [0.3, 0.4) is 0 Å². The fourth-order valence-electron chi connectivity index (χ4n) is 6.18. The van der Waals surface area contributed by atoms with E-state index in [0.717, 1.165) is 71.4 Å². The molecule has 5 rings (SSSR count). The van der Waals surface area contributed by atoms with Gasteiger partial charge in [0.25, 0.3) is 0 Å². The zero-order valence-corrected chi connectivity index (χ0v) is 27.0. The minimum absolute atomic E-state index is 0.0128. The molecule has 0 spiro atoms. The molecule has 0 unspecified atom stereocenters. The zero-order valence-electron chi connectivity index (χ0n) is 27.0. The van der Waals surface area contributed by atoms with Gasteiger partial charge >= 0.3 is 5.84 Å². The summed E-state index contributed by atoms with van der Waals surface area (Å²) < 4.78 is 4.33. The molecule has 0 amide bonds. The van der Waals surface area contributed by atoms with Crippen LogP contribution in [-0.2, 0) is 13.1 Å². The summed E-state index contributed by atoms with van der Waals surface area (Å²) in [6, 6.07) is 8.33. The van der Waals surface area contributed by atoms with Crippen LogP contribution in [0.1, 0.15) is 111 Å². The van der Waals surface area contributed by atoms with Gasteiger partial charge < -0.3 is 14.8 Å². The van der Waals surface area contributed by atoms with Gasteiger partial charge in [0.1, 0.15) is 17.3 Å². The molecule has 2 aromatic carbocycles. The van der Waals surface area contributed by atoms with Crippen LogP contribution >= 0.6 is 0 Å². The highest BCUT2D eigenvalue weighted by atomic mass is 16.3.